The highest BCUT2D eigenvalue weighted by atomic mass is 16.5. The second-order valence-corrected chi connectivity index (χ2v) is 3.93. The summed E-state index contributed by atoms with van der Waals surface area (Å²) in [5, 5.41) is 8.99. The monoisotopic (exact) mass is 265 g/mol. The summed E-state index contributed by atoms with van der Waals surface area (Å²) in [6.45, 7) is 0. The molecule has 1 aromatic rings. The summed E-state index contributed by atoms with van der Waals surface area (Å²) in [4.78, 5) is 27.6. The summed E-state index contributed by atoms with van der Waals surface area (Å²) >= 11 is 0. The number of ether oxygens (including phenoxy) is 1. The van der Waals surface area contributed by atoms with Gasteiger partial charge in [-0.3, -0.25) is 0 Å². The maximum absolute atomic E-state index is 11.5. The maximum atomic E-state index is 11.5. The SMILES string of the molecule is COC(=O)N(C#N)c1nc(N(C)C)nc(N(C)C)n1. The number of methoxy groups -OCH3 is 1. The molecule has 0 N–H and O–H groups in total. The van der Waals surface area contributed by atoms with Crippen LogP contribution in [-0.2, 0) is 4.74 Å². The van der Waals surface area contributed by atoms with E-state index in [1.54, 1.807) is 44.2 Å². The van der Waals surface area contributed by atoms with E-state index in [4.69, 9.17) is 5.26 Å². The normalized spacial score (nSPS) is 9.47. The smallest absolute Gasteiger partial charge is 0.430 e. The van der Waals surface area contributed by atoms with Crippen LogP contribution < -0.4 is 14.7 Å². The average Bonchev–Trinajstić information content (AvgIpc) is 2.38. The minimum absolute atomic E-state index is 0.0863. The van der Waals surface area contributed by atoms with Gasteiger partial charge in [-0.2, -0.15) is 20.2 Å². The quantitative estimate of drug-likeness (QED) is 0.558. The van der Waals surface area contributed by atoms with E-state index in [1.165, 1.54) is 7.11 Å². The Kier molecular flexibility index (Phi) is 4.41. The number of rotatable bonds is 3. The Morgan fingerprint density at radius 1 is 1.05 bits per heavy atom. The van der Waals surface area contributed by atoms with Crippen LogP contribution in [0.4, 0.5) is 22.6 Å². The molecule has 0 aliphatic rings. The molecule has 0 bridgehead atoms. The summed E-state index contributed by atoms with van der Waals surface area (Å²) < 4.78 is 4.50. The Morgan fingerprint density at radius 2 is 1.47 bits per heavy atom. The summed E-state index contributed by atoms with van der Waals surface area (Å²) in [5.41, 5.74) is 0. The molecule has 0 radical (unpaired) electrons. The molecule has 1 aromatic heterocycles. The van der Waals surface area contributed by atoms with Crippen molar-refractivity contribution in [3.05, 3.63) is 0 Å². The Hall–Kier alpha value is -2.63. The molecule has 102 valence electrons. The summed E-state index contributed by atoms with van der Waals surface area (Å²) in [5.74, 6) is 0.576. The fourth-order valence-electron chi connectivity index (χ4n) is 1.10. The van der Waals surface area contributed by atoms with E-state index in [1.807, 2.05) is 0 Å². The third kappa shape index (κ3) is 3.19. The Bertz CT molecular complexity index is 483. The van der Waals surface area contributed by atoms with Crippen LogP contribution in [0.1, 0.15) is 0 Å². The topological polar surface area (TPSA) is 98.5 Å². The minimum Gasteiger partial charge on any atom is -0.452 e. The van der Waals surface area contributed by atoms with Crippen LogP contribution in [0.5, 0.6) is 0 Å². The van der Waals surface area contributed by atoms with E-state index in [-0.39, 0.29) is 5.95 Å². The van der Waals surface area contributed by atoms with Gasteiger partial charge in [-0.15, -0.1) is 4.90 Å². The van der Waals surface area contributed by atoms with Crippen molar-refractivity contribution >= 4 is 23.9 Å². The number of hydrogen-bond donors (Lipinski definition) is 0. The molecular weight excluding hydrogens is 250 g/mol. The van der Waals surface area contributed by atoms with Gasteiger partial charge in [0.25, 0.3) is 5.95 Å². The third-order valence-corrected chi connectivity index (χ3v) is 2.06. The first-order valence-electron chi connectivity index (χ1n) is 5.29. The molecule has 0 spiro atoms. The van der Waals surface area contributed by atoms with E-state index in [9.17, 15) is 4.79 Å². The zero-order valence-corrected chi connectivity index (χ0v) is 11.4. The van der Waals surface area contributed by atoms with Crippen molar-refractivity contribution < 1.29 is 9.53 Å². The largest absolute Gasteiger partial charge is 0.452 e. The lowest BCUT2D eigenvalue weighted by molar-refractivity contribution is 0.181. The molecule has 1 amide bonds. The van der Waals surface area contributed by atoms with Crippen LogP contribution in [0.3, 0.4) is 0 Å². The van der Waals surface area contributed by atoms with E-state index in [0.717, 1.165) is 0 Å². The molecule has 1 rings (SSSR count). The summed E-state index contributed by atoms with van der Waals surface area (Å²) in [6, 6.07) is 0. The first kappa shape index (κ1) is 14.4. The van der Waals surface area contributed by atoms with Gasteiger partial charge >= 0.3 is 6.09 Å². The number of carbonyl (C=O) groups is 1. The summed E-state index contributed by atoms with van der Waals surface area (Å²) in [7, 11) is 8.15. The first-order chi connectivity index (χ1) is 8.90. The highest BCUT2D eigenvalue weighted by Crippen LogP contribution is 2.16. The molecule has 0 saturated heterocycles. The Balaban J connectivity index is 3.34. The Morgan fingerprint density at radius 3 is 1.79 bits per heavy atom. The average molecular weight is 265 g/mol. The van der Waals surface area contributed by atoms with Crippen LogP contribution >= 0.6 is 0 Å². The molecule has 19 heavy (non-hydrogen) atoms. The van der Waals surface area contributed by atoms with Crippen molar-refractivity contribution in [3.8, 4) is 6.19 Å². The molecule has 9 nitrogen and oxygen atoms in total. The second-order valence-electron chi connectivity index (χ2n) is 3.93. The zero-order chi connectivity index (χ0) is 14.6. The number of anilines is 3. The first-order valence-corrected chi connectivity index (χ1v) is 5.29. The van der Waals surface area contributed by atoms with E-state index < -0.39 is 6.09 Å². The Labute approximate surface area is 111 Å². The van der Waals surface area contributed by atoms with Crippen molar-refractivity contribution in [2.45, 2.75) is 0 Å². The minimum atomic E-state index is -0.858. The maximum Gasteiger partial charge on any atom is 0.430 e. The molecule has 1 heterocycles. The van der Waals surface area contributed by atoms with Gasteiger partial charge in [-0.1, -0.05) is 0 Å². The van der Waals surface area contributed by atoms with Crippen molar-refractivity contribution in [2.24, 2.45) is 0 Å². The van der Waals surface area contributed by atoms with Gasteiger partial charge in [0.05, 0.1) is 7.11 Å². The van der Waals surface area contributed by atoms with Gasteiger partial charge < -0.3 is 14.5 Å². The second kappa shape index (κ2) is 5.81. The van der Waals surface area contributed by atoms with Crippen LogP contribution in [0.2, 0.25) is 0 Å². The highest BCUT2D eigenvalue weighted by Gasteiger charge is 2.22. The molecule has 9 heteroatoms. The van der Waals surface area contributed by atoms with Gasteiger partial charge in [0.15, 0.2) is 6.19 Å². The lowest BCUT2D eigenvalue weighted by Gasteiger charge is -2.18. The molecule has 0 atom stereocenters. The molecule has 0 saturated carbocycles. The van der Waals surface area contributed by atoms with E-state index in [0.29, 0.717) is 16.8 Å². The van der Waals surface area contributed by atoms with Crippen molar-refractivity contribution in [3.63, 3.8) is 0 Å². The predicted molar refractivity (Wildman–Crippen MR) is 69.0 cm³/mol. The van der Waals surface area contributed by atoms with Crippen LogP contribution in [0.25, 0.3) is 0 Å². The lowest BCUT2D eigenvalue weighted by atomic mass is 10.7. The molecule has 0 aliphatic heterocycles. The van der Waals surface area contributed by atoms with Crippen LogP contribution in [0, 0.1) is 11.5 Å². The van der Waals surface area contributed by atoms with Gasteiger partial charge in [0.2, 0.25) is 11.9 Å². The molecule has 0 aliphatic carbocycles. The predicted octanol–water partition coefficient (Wildman–Crippen LogP) is 0.0575. The third-order valence-electron chi connectivity index (χ3n) is 2.06. The number of hydrogen-bond acceptors (Lipinski definition) is 8. The molecule has 0 unspecified atom stereocenters. The van der Waals surface area contributed by atoms with Crippen molar-refractivity contribution in [2.75, 3.05) is 50.0 Å². The van der Waals surface area contributed by atoms with Gasteiger partial charge in [-0.05, 0) is 0 Å². The standard InChI is InChI=1S/C10H15N7O2/c1-15(2)7-12-8(16(3)4)14-9(13-7)17(6-11)10(18)19-5/h1-5H3. The number of amides is 1. The summed E-state index contributed by atoms with van der Waals surface area (Å²) in [6.07, 6.45) is 0.812. The van der Waals surface area contributed by atoms with Crippen molar-refractivity contribution in [1.82, 2.24) is 15.0 Å². The van der Waals surface area contributed by atoms with Crippen molar-refractivity contribution in [1.29, 1.82) is 5.26 Å². The fourth-order valence-corrected chi connectivity index (χ4v) is 1.10. The van der Waals surface area contributed by atoms with Gasteiger partial charge in [-0.25, -0.2) is 4.79 Å². The molecule has 0 aromatic carbocycles. The molecule has 0 fully saturated rings. The van der Waals surface area contributed by atoms with Crippen LogP contribution in [0.15, 0.2) is 0 Å². The van der Waals surface area contributed by atoms with Crippen LogP contribution in [-0.4, -0.2) is 56.3 Å². The number of nitriles is 1. The molecular formula is C10H15N7O2. The fraction of sp³-hybridized carbons (Fsp3) is 0.500. The number of nitrogens with zero attached hydrogens (tertiary/aromatic N) is 7. The van der Waals surface area contributed by atoms with Gasteiger partial charge in [0, 0.05) is 28.2 Å². The van der Waals surface area contributed by atoms with Gasteiger partial charge in [0.1, 0.15) is 0 Å². The lowest BCUT2D eigenvalue weighted by Crippen LogP contribution is -2.29. The highest BCUT2D eigenvalue weighted by molar-refractivity contribution is 5.88. The number of aromatic nitrogens is 3. The van der Waals surface area contributed by atoms with E-state index in [2.05, 4.69) is 19.7 Å². The van der Waals surface area contributed by atoms with E-state index >= 15 is 0 Å². The number of carbonyl (C=O) groups excluding carboxylic acids is 1. The zero-order valence-electron chi connectivity index (χ0n) is 11.4.